The number of carbonyl (C=O) groups is 3. The molecule has 0 heterocycles. The Kier molecular flexibility index (Phi) is 7.77. The van der Waals surface area contributed by atoms with E-state index in [-0.39, 0.29) is 17.7 Å². The highest BCUT2D eigenvalue weighted by atomic mass is 16.5. The van der Waals surface area contributed by atoms with Crippen LogP contribution in [0.3, 0.4) is 0 Å². The lowest BCUT2D eigenvalue weighted by molar-refractivity contribution is -0.122. The highest BCUT2D eigenvalue weighted by Crippen LogP contribution is 2.21. The van der Waals surface area contributed by atoms with Crippen molar-refractivity contribution in [2.45, 2.75) is 33.8 Å². The van der Waals surface area contributed by atoms with Crippen LogP contribution in [0.2, 0.25) is 0 Å². The Bertz CT molecular complexity index is 878. The minimum absolute atomic E-state index is 0.143. The van der Waals surface area contributed by atoms with Crippen molar-refractivity contribution >= 4 is 23.4 Å². The number of aryl methyl sites for hydroxylation is 2. The largest absolute Gasteiger partial charge is 0.481 e. The second-order valence-corrected chi connectivity index (χ2v) is 6.83. The first kappa shape index (κ1) is 21.9. The van der Waals surface area contributed by atoms with Crippen LogP contribution in [0.25, 0.3) is 0 Å². The van der Waals surface area contributed by atoms with E-state index in [0.717, 1.165) is 11.1 Å². The number of benzene rings is 2. The zero-order valence-electron chi connectivity index (χ0n) is 17.2. The van der Waals surface area contributed by atoms with E-state index >= 15 is 0 Å². The smallest absolute Gasteiger partial charge is 0.265 e. The lowest BCUT2D eigenvalue weighted by atomic mass is 10.1. The van der Waals surface area contributed by atoms with Gasteiger partial charge in [-0.3, -0.25) is 14.4 Å². The first-order valence-corrected chi connectivity index (χ1v) is 9.43. The Hall–Kier alpha value is -3.35. The first-order valence-electron chi connectivity index (χ1n) is 9.43. The maximum atomic E-state index is 12.4. The quantitative estimate of drug-likeness (QED) is 0.597. The van der Waals surface area contributed by atoms with Gasteiger partial charge in [-0.25, -0.2) is 0 Å². The van der Waals surface area contributed by atoms with E-state index in [1.807, 2.05) is 32.0 Å². The van der Waals surface area contributed by atoms with Gasteiger partial charge in [0.15, 0.2) is 6.10 Å². The fourth-order valence-corrected chi connectivity index (χ4v) is 2.54. The molecule has 2 rings (SSSR count). The average Bonchev–Trinajstić information content (AvgIpc) is 2.68. The van der Waals surface area contributed by atoms with Gasteiger partial charge in [0.05, 0.1) is 0 Å². The molecule has 1 unspecified atom stereocenters. The van der Waals surface area contributed by atoms with Crippen LogP contribution in [-0.2, 0) is 9.59 Å². The zero-order chi connectivity index (χ0) is 21.4. The molecule has 1 atom stereocenters. The average molecular weight is 397 g/mol. The molecule has 7 nitrogen and oxygen atoms in total. The standard InChI is InChI=1S/C22H27N3O4/c1-14-5-6-15(2)20(13-14)29-16(3)21(27)25-19-9-7-18(8-10-19)22(28)24-12-11-23-17(4)26/h5-10,13,16H,11-12H2,1-4H3,(H,23,26)(H,24,28)(H,25,27). The number of hydrogen-bond donors (Lipinski definition) is 3. The summed E-state index contributed by atoms with van der Waals surface area (Å²) in [4.78, 5) is 35.3. The van der Waals surface area contributed by atoms with Crippen molar-refractivity contribution in [1.29, 1.82) is 0 Å². The lowest BCUT2D eigenvalue weighted by Crippen LogP contribution is -2.33. The van der Waals surface area contributed by atoms with Gasteiger partial charge in [-0.15, -0.1) is 0 Å². The van der Waals surface area contributed by atoms with Gasteiger partial charge in [-0.2, -0.15) is 0 Å². The van der Waals surface area contributed by atoms with Crippen LogP contribution in [0.5, 0.6) is 5.75 Å². The molecule has 0 aliphatic carbocycles. The van der Waals surface area contributed by atoms with Crippen molar-refractivity contribution in [3.8, 4) is 5.75 Å². The van der Waals surface area contributed by atoms with Gasteiger partial charge in [-0.05, 0) is 62.2 Å². The van der Waals surface area contributed by atoms with E-state index in [9.17, 15) is 14.4 Å². The summed E-state index contributed by atoms with van der Waals surface area (Å²) in [6.07, 6.45) is -0.674. The summed E-state index contributed by atoms with van der Waals surface area (Å²) in [5.74, 6) is 0.00677. The number of ether oxygens (including phenoxy) is 1. The van der Waals surface area contributed by atoms with Crippen molar-refractivity contribution < 1.29 is 19.1 Å². The Morgan fingerprint density at radius 3 is 2.28 bits per heavy atom. The molecule has 154 valence electrons. The first-order chi connectivity index (χ1) is 13.8. The maximum absolute atomic E-state index is 12.4. The number of rotatable bonds is 8. The van der Waals surface area contributed by atoms with E-state index in [1.165, 1.54) is 6.92 Å². The molecule has 3 N–H and O–H groups in total. The lowest BCUT2D eigenvalue weighted by Gasteiger charge is -2.17. The van der Waals surface area contributed by atoms with Crippen molar-refractivity contribution in [3.63, 3.8) is 0 Å². The predicted octanol–water partition coefficient (Wildman–Crippen LogP) is 2.58. The molecule has 0 saturated heterocycles. The van der Waals surface area contributed by atoms with Crippen LogP contribution in [0.15, 0.2) is 42.5 Å². The minimum Gasteiger partial charge on any atom is -0.481 e. The number of nitrogens with one attached hydrogen (secondary N) is 3. The van der Waals surface area contributed by atoms with Crippen molar-refractivity contribution in [1.82, 2.24) is 10.6 Å². The molecular formula is C22H27N3O4. The number of carbonyl (C=O) groups excluding carboxylic acids is 3. The molecule has 0 aliphatic heterocycles. The monoisotopic (exact) mass is 397 g/mol. The van der Waals surface area contributed by atoms with Gasteiger partial charge in [0.1, 0.15) is 5.75 Å². The van der Waals surface area contributed by atoms with Crippen molar-refractivity contribution in [2.24, 2.45) is 0 Å². The fourth-order valence-electron chi connectivity index (χ4n) is 2.54. The Labute approximate surface area is 170 Å². The summed E-state index contributed by atoms with van der Waals surface area (Å²) >= 11 is 0. The third kappa shape index (κ3) is 6.95. The van der Waals surface area contributed by atoms with Crippen LogP contribution >= 0.6 is 0 Å². The molecule has 0 saturated carbocycles. The van der Waals surface area contributed by atoms with Gasteiger partial charge in [0.25, 0.3) is 11.8 Å². The van der Waals surface area contributed by atoms with E-state index in [1.54, 1.807) is 31.2 Å². The number of anilines is 1. The van der Waals surface area contributed by atoms with E-state index < -0.39 is 6.10 Å². The molecule has 0 bridgehead atoms. The topological polar surface area (TPSA) is 96.5 Å². The Morgan fingerprint density at radius 2 is 1.62 bits per heavy atom. The highest BCUT2D eigenvalue weighted by Gasteiger charge is 2.16. The normalized spacial score (nSPS) is 11.3. The zero-order valence-corrected chi connectivity index (χ0v) is 17.2. The third-order valence-electron chi connectivity index (χ3n) is 4.22. The van der Waals surface area contributed by atoms with Crippen LogP contribution in [0, 0.1) is 13.8 Å². The van der Waals surface area contributed by atoms with Gasteiger partial charge in [-0.1, -0.05) is 12.1 Å². The molecule has 7 heteroatoms. The van der Waals surface area contributed by atoms with Crippen LogP contribution in [0.4, 0.5) is 5.69 Å². The molecule has 2 aromatic rings. The van der Waals surface area contributed by atoms with Crippen molar-refractivity contribution in [2.75, 3.05) is 18.4 Å². The van der Waals surface area contributed by atoms with Crippen LogP contribution in [-0.4, -0.2) is 36.9 Å². The fraction of sp³-hybridized carbons (Fsp3) is 0.318. The summed E-state index contributed by atoms with van der Waals surface area (Å²) in [7, 11) is 0. The molecule has 0 aromatic heterocycles. The second-order valence-electron chi connectivity index (χ2n) is 6.83. The number of hydrogen-bond acceptors (Lipinski definition) is 4. The van der Waals surface area contributed by atoms with E-state index in [0.29, 0.717) is 30.1 Å². The molecule has 3 amide bonds. The van der Waals surface area contributed by atoms with Gasteiger partial charge in [0.2, 0.25) is 5.91 Å². The van der Waals surface area contributed by atoms with Gasteiger partial charge in [0, 0.05) is 31.3 Å². The molecule has 0 aliphatic rings. The summed E-state index contributed by atoms with van der Waals surface area (Å²) in [6.45, 7) is 7.71. The predicted molar refractivity (Wildman–Crippen MR) is 112 cm³/mol. The molecule has 29 heavy (non-hydrogen) atoms. The third-order valence-corrected chi connectivity index (χ3v) is 4.22. The summed E-state index contributed by atoms with van der Waals surface area (Å²) in [5, 5.41) is 8.10. The maximum Gasteiger partial charge on any atom is 0.265 e. The molecule has 0 spiro atoms. The highest BCUT2D eigenvalue weighted by molar-refractivity contribution is 5.96. The van der Waals surface area contributed by atoms with E-state index in [2.05, 4.69) is 16.0 Å². The molecule has 0 radical (unpaired) electrons. The summed E-state index contributed by atoms with van der Waals surface area (Å²) in [5.41, 5.74) is 3.06. The molecule has 2 aromatic carbocycles. The van der Waals surface area contributed by atoms with Gasteiger partial charge >= 0.3 is 0 Å². The molecular weight excluding hydrogens is 370 g/mol. The number of amides is 3. The van der Waals surface area contributed by atoms with Crippen LogP contribution < -0.4 is 20.7 Å². The Balaban J connectivity index is 1.88. The van der Waals surface area contributed by atoms with Crippen LogP contribution in [0.1, 0.15) is 35.3 Å². The minimum atomic E-state index is -0.674. The Morgan fingerprint density at radius 1 is 0.966 bits per heavy atom. The second kappa shape index (κ2) is 10.3. The molecule has 0 fully saturated rings. The SMILES string of the molecule is CC(=O)NCCNC(=O)c1ccc(NC(=O)C(C)Oc2cc(C)ccc2C)cc1. The summed E-state index contributed by atoms with van der Waals surface area (Å²) in [6, 6.07) is 12.4. The summed E-state index contributed by atoms with van der Waals surface area (Å²) < 4.78 is 5.79. The van der Waals surface area contributed by atoms with Gasteiger partial charge < -0.3 is 20.7 Å². The van der Waals surface area contributed by atoms with Crippen molar-refractivity contribution in [3.05, 3.63) is 59.2 Å². The van der Waals surface area contributed by atoms with E-state index in [4.69, 9.17) is 4.74 Å².